The van der Waals surface area contributed by atoms with Crippen molar-refractivity contribution in [3.05, 3.63) is 63.7 Å². The topological polar surface area (TPSA) is 137 Å². The molecule has 0 aliphatic carbocycles. The zero-order valence-electron chi connectivity index (χ0n) is 16.2. The summed E-state index contributed by atoms with van der Waals surface area (Å²) in [5.41, 5.74) is 1.06. The third kappa shape index (κ3) is 5.70. The zero-order valence-corrected chi connectivity index (χ0v) is 17.0. The lowest BCUT2D eigenvalue weighted by molar-refractivity contribution is -0.384. The molecule has 0 saturated carbocycles. The van der Waals surface area contributed by atoms with Crippen molar-refractivity contribution in [2.24, 2.45) is 5.92 Å². The van der Waals surface area contributed by atoms with Gasteiger partial charge in [-0.05, 0) is 48.6 Å². The first-order chi connectivity index (χ1) is 14.5. The maximum absolute atomic E-state index is 12.5. The molecule has 30 heavy (non-hydrogen) atoms. The molecule has 1 aliphatic rings. The number of hydrogen-bond acceptors (Lipinski definition) is 7. The second kappa shape index (κ2) is 10.4. The van der Waals surface area contributed by atoms with Crippen LogP contribution < -0.4 is 10.0 Å². The molecule has 1 atom stereocenters. The van der Waals surface area contributed by atoms with Gasteiger partial charge in [-0.2, -0.15) is 4.72 Å². The van der Waals surface area contributed by atoms with Crippen molar-refractivity contribution in [2.45, 2.75) is 24.3 Å². The van der Waals surface area contributed by atoms with Crippen molar-refractivity contribution in [2.75, 3.05) is 25.1 Å². The van der Waals surface area contributed by atoms with E-state index in [-0.39, 0.29) is 22.8 Å². The highest BCUT2D eigenvalue weighted by Gasteiger charge is 2.24. The molecule has 0 radical (unpaired) electrons. The van der Waals surface area contributed by atoms with Gasteiger partial charge in [0.15, 0.2) is 4.90 Å². The molecule has 3 N–H and O–H groups in total. The largest absolute Gasteiger partial charge is 0.588 e. The first kappa shape index (κ1) is 22.0. The lowest BCUT2D eigenvalue weighted by Crippen LogP contribution is -2.30. The minimum atomic E-state index is -1.96. The Morgan fingerprint density at radius 2 is 1.90 bits per heavy atom. The van der Waals surface area contributed by atoms with Gasteiger partial charge < -0.3 is 19.7 Å². The van der Waals surface area contributed by atoms with Crippen LogP contribution in [0.4, 0.5) is 11.4 Å². The number of rotatable bonds is 8. The first-order valence-electron chi connectivity index (χ1n) is 9.50. The summed E-state index contributed by atoms with van der Waals surface area (Å²) < 4.78 is 20.2. The van der Waals surface area contributed by atoms with Crippen LogP contribution in [0, 0.1) is 16.0 Å². The second-order valence-electron chi connectivity index (χ2n) is 6.93. The fraction of sp³-hybridized carbons (Fsp3) is 0.350. The zero-order chi connectivity index (χ0) is 21.5. The number of nitrogens with zero attached hydrogens (tertiary/aromatic N) is 1. The van der Waals surface area contributed by atoms with Gasteiger partial charge in [0.25, 0.3) is 11.6 Å². The number of carbonyl (C=O) groups is 1. The summed E-state index contributed by atoms with van der Waals surface area (Å²) in [4.78, 5) is 23.3. The molecule has 1 aliphatic heterocycles. The lowest BCUT2D eigenvalue weighted by Gasteiger charge is -2.22. The molecule has 160 valence electrons. The Kier molecular flexibility index (Phi) is 7.63. The van der Waals surface area contributed by atoms with Gasteiger partial charge in [-0.1, -0.05) is 12.1 Å². The van der Waals surface area contributed by atoms with E-state index < -0.39 is 22.2 Å². The summed E-state index contributed by atoms with van der Waals surface area (Å²) in [6, 6.07) is 10.4. The van der Waals surface area contributed by atoms with Crippen molar-refractivity contribution in [3.8, 4) is 0 Å². The quantitative estimate of drug-likeness (QED) is 0.330. The number of aliphatic hydroxyl groups is 1. The molecule has 1 unspecified atom stereocenters. The fourth-order valence-corrected chi connectivity index (χ4v) is 3.91. The smallest absolute Gasteiger partial charge is 0.297 e. The van der Waals surface area contributed by atoms with Crippen LogP contribution in [-0.4, -0.2) is 40.2 Å². The monoisotopic (exact) mass is 433 g/mol. The van der Waals surface area contributed by atoms with E-state index in [9.17, 15) is 19.5 Å². The van der Waals surface area contributed by atoms with Crippen LogP contribution in [0.15, 0.2) is 47.4 Å². The van der Waals surface area contributed by atoms with Gasteiger partial charge in [-0.3, -0.25) is 14.9 Å². The number of aliphatic hydroxyl groups excluding tert-OH is 1. The van der Waals surface area contributed by atoms with Gasteiger partial charge in [-0.15, -0.1) is 0 Å². The Bertz CT molecular complexity index is 887. The molecule has 2 aromatic rings. The SMILES string of the molecule is O=C(N[S+]([O-])c1ccc(NCC2CCOCC2)c([N+](=O)[O-])c1)c1ccc(CO)cc1. The summed E-state index contributed by atoms with van der Waals surface area (Å²) in [5.74, 6) is -0.203. The first-order valence-corrected chi connectivity index (χ1v) is 10.7. The summed E-state index contributed by atoms with van der Waals surface area (Å²) >= 11 is -1.96. The third-order valence-electron chi connectivity index (χ3n) is 4.89. The van der Waals surface area contributed by atoms with E-state index in [1.54, 1.807) is 12.1 Å². The normalized spacial score (nSPS) is 15.4. The highest BCUT2D eigenvalue weighted by molar-refractivity contribution is 7.90. The molecule has 3 rings (SSSR count). The molecule has 10 heteroatoms. The number of nitro benzene ring substituents is 1. The van der Waals surface area contributed by atoms with E-state index in [1.165, 1.54) is 30.3 Å². The molecule has 1 amide bonds. The summed E-state index contributed by atoms with van der Waals surface area (Å²) in [6.07, 6.45) is 1.79. The molecule has 1 saturated heterocycles. The van der Waals surface area contributed by atoms with Crippen LogP contribution in [0.5, 0.6) is 0 Å². The van der Waals surface area contributed by atoms with Crippen LogP contribution in [0.1, 0.15) is 28.8 Å². The van der Waals surface area contributed by atoms with Gasteiger partial charge in [-0.25, -0.2) is 0 Å². The van der Waals surface area contributed by atoms with Crippen molar-refractivity contribution in [1.82, 2.24) is 4.72 Å². The van der Waals surface area contributed by atoms with Crippen LogP contribution in [-0.2, 0) is 22.7 Å². The Hall–Kier alpha value is -2.66. The average molecular weight is 433 g/mol. The summed E-state index contributed by atoms with van der Waals surface area (Å²) in [5, 5.41) is 23.6. The summed E-state index contributed by atoms with van der Waals surface area (Å²) in [7, 11) is 0. The third-order valence-corrected chi connectivity index (χ3v) is 5.94. The fourth-order valence-electron chi connectivity index (χ4n) is 3.10. The maximum atomic E-state index is 12.5. The molecular formula is C20H23N3O6S. The number of hydrogen-bond donors (Lipinski definition) is 3. The predicted octanol–water partition coefficient (Wildman–Crippen LogP) is 2.38. The predicted molar refractivity (Wildman–Crippen MR) is 111 cm³/mol. The molecule has 0 bridgehead atoms. The Labute approximate surface area is 176 Å². The number of nitrogens with one attached hydrogen (secondary N) is 2. The second-order valence-corrected chi connectivity index (χ2v) is 8.14. The molecular weight excluding hydrogens is 410 g/mol. The van der Waals surface area contributed by atoms with Crippen LogP contribution in [0.25, 0.3) is 0 Å². The molecule has 1 fully saturated rings. The van der Waals surface area contributed by atoms with Crippen molar-refractivity contribution in [3.63, 3.8) is 0 Å². The number of nitro groups is 1. The van der Waals surface area contributed by atoms with Gasteiger partial charge in [0.1, 0.15) is 17.0 Å². The van der Waals surface area contributed by atoms with E-state index in [4.69, 9.17) is 9.84 Å². The van der Waals surface area contributed by atoms with E-state index in [0.29, 0.717) is 36.9 Å². The van der Waals surface area contributed by atoms with Crippen LogP contribution >= 0.6 is 0 Å². The van der Waals surface area contributed by atoms with E-state index in [0.717, 1.165) is 12.8 Å². The van der Waals surface area contributed by atoms with Crippen LogP contribution in [0.2, 0.25) is 0 Å². The maximum Gasteiger partial charge on any atom is 0.297 e. The van der Waals surface area contributed by atoms with Crippen molar-refractivity contribution in [1.29, 1.82) is 0 Å². The Morgan fingerprint density at radius 1 is 1.20 bits per heavy atom. The number of benzene rings is 2. The summed E-state index contributed by atoms with van der Waals surface area (Å²) in [6.45, 7) is 1.82. The van der Waals surface area contributed by atoms with Crippen molar-refractivity contribution >= 4 is 28.6 Å². The number of anilines is 1. The van der Waals surface area contributed by atoms with Gasteiger partial charge >= 0.3 is 0 Å². The molecule has 0 aromatic heterocycles. The Balaban J connectivity index is 1.67. The van der Waals surface area contributed by atoms with Gasteiger partial charge in [0.2, 0.25) is 0 Å². The van der Waals surface area contributed by atoms with Crippen molar-refractivity contribution < 1.29 is 24.1 Å². The molecule has 1 heterocycles. The molecule has 0 spiro atoms. The van der Waals surface area contributed by atoms with Crippen LogP contribution in [0.3, 0.4) is 0 Å². The minimum absolute atomic E-state index is 0.124. The number of amides is 1. The molecule has 9 nitrogen and oxygen atoms in total. The highest BCUT2D eigenvalue weighted by Crippen LogP contribution is 2.28. The Morgan fingerprint density at radius 3 is 2.53 bits per heavy atom. The standard InChI is InChI=1S/C20H23N3O6S/c24-13-15-1-3-16(4-2-15)20(25)22-30(28)17-5-6-18(19(11-17)23(26)27)21-12-14-7-9-29-10-8-14/h1-6,11,14,21,24H,7-10,12-13H2,(H,22,25). The average Bonchev–Trinajstić information content (AvgIpc) is 2.78. The van der Waals surface area contributed by atoms with E-state index in [2.05, 4.69) is 10.0 Å². The van der Waals surface area contributed by atoms with E-state index in [1.807, 2.05) is 0 Å². The minimum Gasteiger partial charge on any atom is -0.588 e. The van der Waals surface area contributed by atoms with Gasteiger partial charge in [0, 0.05) is 25.3 Å². The van der Waals surface area contributed by atoms with Gasteiger partial charge in [0.05, 0.1) is 17.6 Å². The lowest BCUT2D eigenvalue weighted by atomic mass is 10.0. The molecule has 2 aromatic carbocycles. The highest BCUT2D eigenvalue weighted by atomic mass is 32.2. The van der Waals surface area contributed by atoms with E-state index >= 15 is 0 Å². The number of carbonyl (C=O) groups excluding carboxylic acids is 1. The number of ether oxygens (including phenoxy) is 1.